The zero-order valence-electron chi connectivity index (χ0n) is 6.63. The molecule has 6 heteroatoms. The Balaban J connectivity index is 3.43. The molecule has 12 heavy (non-hydrogen) atoms. The maximum absolute atomic E-state index is 11.6. The van der Waals surface area contributed by atoms with Crippen LogP contribution in [0.4, 0.5) is 8.78 Å². The van der Waals surface area contributed by atoms with E-state index in [1.54, 1.807) is 0 Å². The van der Waals surface area contributed by atoms with Gasteiger partial charge in [-0.05, 0) is 6.42 Å². The zero-order chi connectivity index (χ0) is 9.56. The van der Waals surface area contributed by atoms with E-state index in [1.165, 1.54) is 7.11 Å². The third-order valence-electron chi connectivity index (χ3n) is 1.18. The van der Waals surface area contributed by atoms with Crippen molar-refractivity contribution in [3.8, 4) is 0 Å². The first kappa shape index (κ1) is 11.6. The minimum Gasteiger partial charge on any atom is -0.468 e. The zero-order valence-corrected chi connectivity index (χ0v) is 7.44. The number of halogens is 2. The van der Waals surface area contributed by atoms with E-state index in [9.17, 15) is 13.6 Å². The first-order valence-corrected chi connectivity index (χ1v) is 4.36. The molecule has 0 aliphatic heterocycles. The van der Waals surface area contributed by atoms with Crippen molar-refractivity contribution in [2.75, 3.05) is 12.9 Å². The number of carbonyl (C=O) groups is 1. The highest BCUT2D eigenvalue weighted by Crippen LogP contribution is 2.14. The van der Waals surface area contributed by atoms with Crippen LogP contribution in [0.3, 0.4) is 0 Å². The molecule has 2 N–H and O–H groups in total. The topological polar surface area (TPSA) is 52.3 Å². The molecule has 0 aliphatic carbocycles. The lowest BCUT2D eigenvalue weighted by atomic mass is 10.2. The third kappa shape index (κ3) is 5.31. The summed E-state index contributed by atoms with van der Waals surface area (Å²) in [5.41, 5.74) is 5.28. The SMILES string of the molecule is COC(=O)[C@H](N)CCSC(F)F. The molecule has 0 spiro atoms. The minimum absolute atomic E-state index is 0.161. The first-order valence-electron chi connectivity index (χ1n) is 3.31. The van der Waals surface area contributed by atoms with E-state index >= 15 is 0 Å². The lowest BCUT2D eigenvalue weighted by Crippen LogP contribution is -2.32. The number of rotatable bonds is 5. The van der Waals surface area contributed by atoms with Gasteiger partial charge in [-0.25, -0.2) is 0 Å². The predicted octanol–water partition coefficient (Wildman–Crippen LogP) is 0.833. The quantitative estimate of drug-likeness (QED) is 0.666. The first-order chi connectivity index (χ1) is 5.57. The van der Waals surface area contributed by atoms with Crippen LogP contribution in [0.5, 0.6) is 0 Å². The summed E-state index contributed by atoms with van der Waals surface area (Å²) in [6.45, 7) is 0. The van der Waals surface area contributed by atoms with Gasteiger partial charge < -0.3 is 10.5 Å². The maximum Gasteiger partial charge on any atom is 0.322 e. The molecule has 72 valence electrons. The van der Waals surface area contributed by atoms with Crippen LogP contribution in [0.2, 0.25) is 0 Å². The van der Waals surface area contributed by atoms with Crippen molar-refractivity contribution in [1.29, 1.82) is 0 Å². The number of thioether (sulfide) groups is 1. The molecule has 0 amide bonds. The second kappa shape index (κ2) is 6.19. The summed E-state index contributed by atoms with van der Waals surface area (Å²) in [6.07, 6.45) is 0.210. The molecule has 0 aromatic carbocycles. The summed E-state index contributed by atoms with van der Waals surface area (Å²) in [6, 6.07) is -0.791. The Morgan fingerprint density at radius 1 is 1.67 bits per heavy atom. The third-order valence-corrected chi connectivity index (χ3v) is 1.90. The summed E-state index contributed by atoms with van der Waals surface area (Å²) in [5.74, 6) is -2.81. The second-order valence-electron chi connectivity index (χ2n) is 2.05. The molecule has 1 atom stereocenters. The largest absolute Gasteiger partial charge is 0.468 e. The van der Waals surface area contributed by atoms with Gasteiger partial charge in [-0.15, -0.1) is 0 Å². The summed E-state index contributed by atoms with van der Waals surface area (Å²) in [7, 11) is 1.21. The standard InChI is InChI=1S/C6H11F2NO2S/c1-11-5(10)4(9)2-3-12-6(7)8/h4,6H,2-3,9H2,1H3/t4-/m1/s1. The minimum atomic E-state index is -2.41. The summed E-state index contributed by atoms with van der Waals surface area (Å²) >= 11 is 0.466. The van der Waals surface area contributed by atoms with Gasteiger partial charge in [0.15, 0.2) is 0 Å². The van der Waals surface area contributed by atoms with Crippen LogP contribution < -0.4 is 5.73 Å². The van der Waals surface area contributed by atoms with Gasteiger partial charge in [-0.1, -0.05) is 11.8 Å². The van der Waals surface area contributed by atoms with Crippen LogP contribution in [0.25, 0.3) is 0 Å². The fourth-order valence-corrected chi connectivity index (χ4v) is 1.12. The molecular formula is C6H11F2NO2S. The molecule has 0 fully saturated rings. The van der Waals surface area contributed by atoms with Crippen LogP contribution in [0.15, 0.2) is 0 Å². The number of esters is 1. The van der Waals surface area contributed by atoms with Crippen LogP contribution in [-0.4, -0.2) is 30.6 Å². The van der Waals surface area contributed by atoms with E-state index in [-0.39, 0.29) is 12.2 Å². The van der Waals surface area contributed by atoms with Crippen molar-refractivity contribution < 1.29 is 18.3 Å². The molecule has 0 heterocycles. The Morgan fingerprint density at radius 3 is 2.67 bits per heavy atom. The number of nitrogens with two attached hydrogens (primary N) is 1. The van der Waals surface area contributed by atoms with Gasteiger partial charge in [0.2, 0.25) is 0 Å². The molecule has 0 aliphatic rings. The number of methoxy groups -OCH3 is 1. The molecular weight excluding hydrogens is 188 g/mol. The van der Waals surface area contributed by atoms with Gasteiger partial charge in [0.1, 0.15) is 6.04 Å². The van der Waals surface area contributed by atoms with E-state index in [2.05, 4.69) is 4.74 Å². The van der Waals surface area contributed by atoms with Crippen LogP contribution >= 0.6 is 11.8 Å². The van der Waals surface area contributed by atoms with Crippen LogP contribution in [0, 0.1) is 0 Å². The highest BCUT2D eigenvalue weighted by molar-refractivity contribution is 7.99. The van der Waals surface area contributed by atoms with Crippen molar-refractivity contribution in [3.05, 3.63) is 0 Å². The Bertz CT molecular complexity index is 146. The molecule has 0 aromatic heterocycles. The Kier molecular flexibility index (Phi) is 6.00. The molecule has 0 saturated carbocycles. The van der Waals surface area contributed by atoms with Crippen molar-refractivity contribution in [1.82, 2.24) is 0 Å². The monoisotopic (exact) mass is 199 g/mol. The van der Waals surface area contributed by atoms with Gasteiger partial charge >= 0.3 is 5.97 Å². The van der Waals surface area contributed by atoms with Gasteiger partial charge in [0.05, 0.1) is 7.11 Å². The lowest BCUT2D eigenvalue weighted by molar-refractivity contribution is -0.142. The van der Waals surface area contributed by atoms with E-state index in [1.807, 2.05) is 0 Å². The number of ether oxygens (including phenoxy) is 1. The Hall–Kier alpha value is -0.360. The molecule has 0 radical (unpaired) electrons. The number of alkyl halides is 2. The molecule has 0 unspecified atom stereocenters. The Morgan fingerprint density at radius 2 is 2.25 bits per heavy atom. The second-order valence-corrected chi connectivity index (χ2v) is 3.15. The van der Waals surface area contributed by atoms with Crippen molar-refractivity contribution >= 4 is 17.7 Å². The average molecular weight is 199 g/mol. The molecule has 3 nitrogen and oxygen atoms in total. The summed E-state index contributed by atoms with van der Waals surface area (Å²) in [4.78, 5) is 10.6. The highest BCUT2D eigenvalue weighted by Gasteiger charge is 2.14. The lowest BCUT2D eigenvalue weighted by Gasteiger charge is -2.07. The van der Waals surface area contributed by atoms with E-state index < -0.39 is 17.8 Å². The molecule has 0 rings (SSSR count). The van der Waals surface area contributed by atoms with Gasteiger partial charge in [-0.2, -0.15) is 8.78 Å². The van der Waals surface area contributed by atoms with E-state index in [0.717, 1.165) is 0 Å². The van der Waals surface area contributed by atoms with Crippen molar-refractivity contribution in [3.63, 3.8) is 0 Å². The Labute approximate surface area is 73.6 Å². The van der Waals surface area contributed by atoms with E-state index in [0.29, 0.717) is 11.8 Å². The van der Waals surface area contributed by atoms with Crippen molar-refractivity contribution in [2.24, 2.45) is 5.73 Å². The highest BCUT2D eigenvalue weighted by atomic mass is 32.2. The number of hydrogen-bond acceptors (Lipinski definition) is 4. The van der Waals surface area contributed by atoms with Gasteiger partial charge in [0.25, 0.3) is 5.76 Å². The molecule has 0 saturated heterocycles. The average Bonchev–Trinajstić information content (AvgIpc) is 2.02. The van der Waals surface area contributed by atoms with Gasteiger partial charge in [0, 0.05) is 5.75 Å². The summed E-state index contributed by atoms with van der Waals surface area (Å²) in [5, 5.41) is 0. The molecule has 0 aromatic rings. The normalized spacial score (nSPS) is 13.1. The fourth-order valence-electron chi connectivity index (χ4n) is 0.553. The maximum atomic E-state index is 11.6. The van der Waals surface area contributed by atoms with Gasteiger partial charge in [-0.3, -0.25) is 4.79 Å². The van der Waals surface area contributed by atoms with Crippen LogP contribution in [-0.2, 0) is 9.53 Å². The number of hydrogen-bond donors (Lipinski definition) is 1. The predicted molar refractivity (Wildman–Crippen MR) is 43.1 cm³/mol. The van der Waals surface area contributed by atoms with Crippen LogP contribution in [0.1, 0.15) is 6.42 Å². The number of carbonyl (C=O) groups excluding carboxylic acids is 1. The smallest absolute Gasteiger partial charge is 0.322 e. The van der Waals surface area contributed by atoms with Crippen molar-refractivity contribution in [2.45, 2.75) is 18.2 Å². The van der Waals surface area contributed by atoms with E-state index in [4.69, 9.17) is 5.73 Å². The summed E-state index contributed by atoms with van der Waals surface area (Å²) < 4.78 is 27.5. The molecule has 0 bridgehead atoms. The fraction of sp³-hybridized carbons (Fsp3) is 0.833.